The molecular formula is C20H18N2O5. The maximum Gasteiger partial charge on any atom is 0.326 e. The fraction of sp³-hybridized carbons (Fsp3) is 0.200. The van der Waals surface area contributed by atoms with Gasteiger partial charge < -0.3 is 24.9 Å². The number of ether oxygens (including phenoxy) is 2. The van der Waals surface area contributed by atoms with Crippen molar-refractivity contribution in [1.29, 1.82) is 0 Å². The molecular weight excluding hydrogens is 348 g/mol. The first kappa shape index (κ1) is 17.0. The standard InChI is InChI=1S/C20H18N2O5/c23-19(18-11-26-16-7-3-4-8-17(16)27-18)22-15(20(24)25)9-12-10-21-14-6-2-1-5-13(12)14/h1-8,10,15,18,21H,9,11H2,(H,22,23)(H,24,25)/t15-,18-/m0/s1. The third-order valence-electron chi connectivity index (χ3n) is 4.51. The molecule has 4 rings (SSSR count). The maximum atomic E-state index is 12.5. The minimum Gasteiger partial charge on any atom is -0.485 e. The number of fused-ring (bicyclic) bond motifs is 2. The van der Waals surface area contributed by atoms with Gasteiger partial charge in [0.25, 0.3) is 5.91 Å². The molecule has 0 unspecified atom stereocenters. The van der Waals surface area contributed by atoms with Crippen LogP contribution in [0.2, 0.25) is 0 Å². The number of H-pyrrole nitrogens is 1. The van der Waals surface area contributed by atoms with Gasteiger partial charge in [0.2, 0.25) is 6.10 Å². The van der Waals surface area contributed by atoms with Crippen LogP contribution >= 0.6 is 0 Å². The first-order valence-electron chi connectivity index (χ1n) is 8.58. The highest BCUT2D eigenvalue weighted by atomic mass is 16.6. The number of carboxylic acid groups (broad SMARTS) is 1. The Morgan fingerprint density at radius 1 is 1.15 bits per heavy atom. The lowest BCUT2D eigenvalue weighted by atomic mass is 10.0. The molecule has 0 spiro atoms. The Kier molecular flexibility index (Phi) is 4.42. The Balaban J connectivity index is 1.47. The van der Waals surface area contributed by atoms with Crippen molar-refractivity contribution in [2.75, 3.05) is 6.61 Å². The molecule has 1 amide bonds. The lowest BCUT2D eigenvalue weighted by Gasteiger charge is -2.26. The summed E-state index contributed by atoms with van der Waals surface area (Å²) in [5.41, 5.74) is 1.74. The van der Waals surface area contributed by atoms with Gasteiger partial charge in [-0.15, -0.1) is 0 Å². The van der Waals surface area contributed by atoms with Crippen LogP contribution < -0.4 is 14.8 Å². The first-order valence-corrected chi connectivity index (χ1v) is 8.58. The highest BCUT2D eigenvalue weighted by Crippen LogP contribution is 2.31. The van der Waals surface area contributed by atoms with Crippen molar-refractivity contribution in [1.82, 2.24) is 10.3 Å². The SMILES string of the molecule is O=C(O)[C@H](Cc1c[nH]c2ccccc12)NC(=O)[C@@H]1COc2ccccc2O1. The summed E-state index contributed by atoms with van der Waals surface area (Å²) in [7, 11) is 0. The zero-order chi connectivity index (χ0) is 18.8. The number of aliphatic carboxylic acids is 1. The van der Waals surface area contributed by atoms with Crippen LogP contribution in [-0.4, -0.2) is 40.7 Å². The molecule has 1 aliphatic heterocycles. The van der Waals surface area contributed by atoms with Gasteiger partial charge in [0.1, 0.15) is 12.6 Å². The second-order valence-corrected chi connectivity index (χ2v) is 6.33. The third kappa shape index (κ3) is 3.44. The highest BCUT2D eigenvalue weighted by Gasteiger charge is 2.31. The van der Waals surface area contributed by atoms with Crippen LogP contribution in [0.4, 0.5) is 0 Å². The molecule has 0 bridgehead atoms. The Bertz CT molecular complexity index is 997. The number of carbonyl (C=O) groups is 2. The summed E-state index contributed by atoms with van der Waals surface area (Å²) in [5, 5.41) is 13.0. The largest absolute Gasteiger partial charge is 0.485 e. The lowest BCUT2D eigenvalue weighted by molar-refractivity contribution is -0.143. The molecule has 7 heteroatoms. The van der Waals surface area contributed by atoms with E-state index in [0.29, 0.717) is 11.5 Å². The number of carboxylic acids is 1. The summed E-state index contributed by atoms with van der Waals surface area (Å²) in [6.07, 6.45) is 1.03. The van der Waals surface area contributed by atoms with Gasteiger partial charge >= 0.3 is 5.97 Å². The normalized spacial score (nSPS) is 16.7. The highest BCUT2D eigenvalue weighted by molar-refractivity contribution is 5.88. The van der Waals surface area contributed by atoms with E-state index in [1.165, 1.54) is 0 Å². The monoisotopic (exact) mass is 366 g/mol. The van der Waals surface area contributed by atoms with Crippen LogP contribution in [0.3, 0.4) is 0 Å². The molecule has 0 saturated heterocycles. The fourth-order valence-corrected chi connectivity index (χ4v) is 3.13. The lowest BCUT2D eigenvalue weighted by Crippen LogP contribution is -2.50. The molecule has 138 valence electrons. The van der Waals surface area contributed by atoms with Crippen LogP contribution in [-0.2, 0) is 16.0 Å². The first-order chi connectivity index (χ1) is 13.1. The Morgan fingerprint density at radius 2 is 1.89 bits per heavy atom. The number of hydrogen-bond donors (Lipinski definition) is 3. The third-order valence-corrected chi connectivity index (χ3v) is 4.51. The number of benzene rings is 2. The average molecular weight is 366 g/mol. The van der Waals surface area contributed by atoms with E-state index in [0.717, 1.165) is 16.5 Å². The van der Waals surface area contributed by atoms with E-state index in [9.17, 15) is 14.7 Å². The summed E-state index contributed by atoms with van der Waals surface area (Å²) in [6, 6.07) is 13.6. The molecule has 0 aliphatic carbocycles. The van der Waals surface area contributed by atoms with Gasteiger partial charge in [0.15, 0.2) is 11.5 Å². The van der Waals surface area contributed by atoms with Gasteiger partial charge in [-0.25, -0.2) is 4.79 Å². The second-order valence-electron chi connectivity index (χ2n) is 6.33. The topological polar surface area (TPSA) is 101 Å². The van der Waals surface area contributed by atoms with Gasteiger partial charge in [-0.05, 0) is 23.8 Å². The van der Waals surface area contributed by atoms with Crippen molar-refractivity contribution >= 4 is 22.8 Å². The molecule has 27 heavy (non-hydrogen) atoms. The van der Waals surface area contributed by atoms with E-state index in [4.69, 9.17) is 9.47 Å². The summed E-state index contributed by atoms with van der Waals surface area (Å²) in [6.45, 7) is 0.0300. The van der Waals surface area contributed by atoms with Crippen molar-refractivity contribution in [3.63, 3.8) is 0 Å². The van der Waals surface area contributed by atoms with E-state index in [-0.39, 0.29) is 13.0 Å². The van der Waals surface area contributed by atoms with Gasteiger partial charge in [-0.3, -0.25) is 4.79 Å². The summed E-state index contributed by atoms with van der Waals surface area (Å²) in [5.74, 6) is -0.593. The van der Waals surface area contributed by atoms with E-state index in [1.54, 1.807) is 24.4 Å². The summed E-state index contributed by atoms with van der Waals surface area (Å²) in [4.78, 5) is 27.3. The molecule has 1 aliphatic rings. The number of carbonyl (C=O) groups excluding carboxylic acids is 1. The molecule has 1 aromatic heterocycles. The molecule has 0 fully saturated rings. The van der Waals surface area contributed by atoms with Gasteiger partial charge in [-0.2, -0.15) is 0 Å². The predicted octanol–water partition coefficient (Wildman–Crippen LogP) is 2.12. The maximum absolute atomic E-state index is 12.5. The smallest absolute Gasteiger partial charge is 0.326 e. The van der Waals surface area contributed by atoms with E-state index >= 15 is 0 Å². The number of hydrogen-bond acceptors (Lipinski definition) is 4. The quantitative estimate of drug-likeness (QED) is 0.642. The molecule has 3 N–H and O–H groups in total. The molecule has 0 saturated carbocycles. The zero-order valence-corrected chi connectivity index (χ0v) is 14.3. The average Bonchev–Trinajstić information content (AvgIpc) is 3.10. The van der Waals surface area contributed by atoms with Crippen molar-refractivity contribution < 1.29 is 24.2 Å². The number of aromatic amines is 1. The second kappa shape index (κ2) is 7.03. The van der Waals surface area contributed by atoms with Crippen molar-refractivity contribution in [2.24, 2.45) is 0 Å². The minimum atomic E-state index is -1.11. The zero-order valence-electron chi connectivity index (χ0n) is 14.3. The van der Waals surface area contributed by atoms with Crippen molar-refractivity contribution in [3.05, 3.63) is 60.3 Å². The van der Waals surface area contributed by atoms with E-state index in [2.05, 4.69) is 10.3 Å². The molecule has 2 heterocycles. The van der Waals surface area contributed by atoms with Gasteiger partial charge in [-0.1, -0.05) is 30.3 Å². The molecule has 0 radical (unpaired) electrons. The van der Waals surface area contributed by atoms with Crippen LogP contribution in [0.1, 0.15) is 5.56 Å². The van der Waals surface area contributed by atoms with Gasteiger partial charge in [0.05, 0.1) is 0 Å². The Hall–Kier alpha value is -3.48. The molecule has 2 atom stereocenters. The van der Waals surface area contributed by atoms with E-state index in [1.807, 2.05) is 30.3 Å². The van der Waals surface area contributed by atoms with Crippen LogP contribution in [0.25, 0.3) is 10.9 Å². The number of nitrogens with one attached hydrogen (secondary N) is 2. The van der Waals surface area contributed by atoms with Crippen molar-refractivity contribution in [2.45, 2.75) is 18.6 Å². The summed E-state index contributed by atoms with van der Waals surface area (Å²) >= 11 is 0. The number of aromatic nitrogens is 1. The number of rotatable bonds is 5. The molecule has 7 nitrogen and oxygen atoms in total. The van der Waals surface area contributed by atoms with Crippen molar-refractivity contribution in [3.8, 4) is 11.5 Å². The number of para-hydroxylation sites is 3. The Labute approximate surface area is 154 Å². The van der Waals surface area contributed by atoms with Gasteiger partial charge in [0, 0.05) is 23.5 Å². The summed E-state index contributed by atoms with van der Waals surface area (Å²) < 4.78 is 11.2. The fourth-order valence-electron chi connectivity index (χ4n) is 3.13. The minimum absolute atomic E-state index is 0.0300. The molecule has 3 aromatic rings. The van der Waals surface area contributed by atoms with E-state index < -0.39 is 24.0 Å². The predicted molar refractivity (Wildman–Crippen MR) is 97.9 cm³/mol. The number of amides is 1. The van der Waals surface area contributed by atoms with Crippen LogP contribution in [0.15, 0.2) is 54.7 Å². The van der Waals surface area contributed by atoms with Crippen LogP contribution in [0, 0.1) is 0 Å². The molecule has 2 aromatic carbocycles. The van der Waals surface area contributed by atoms with Crippen LogP contribution in [0.5, 0.6) is 11.5 Å². The Morgan fingerprint density at radius 3 is 2.70 bits per heavy atom.